The maximum atomic E-state index is 14.5. The average Bonchev–Trinajstić information content (AvgIpc) is 3.44. The lowest BCUT2D eigenvalue weighted by Crippen LogP contribution is -2.58. The number of aliphatic carboxylic acids is 1. The highest BCUT2D eigenvalue weighted by Crippen LogP contribution is 2.32. The van der Waals surface area contributed by atoms with E-state index in [1.54, 1.807) is 6.92 Å². The van der Waals surface area contributed by atoms with Crippen molar-refractivity contribution in [3.8, 4) is 5.75 Å². The van der Waals surface area contributed by atoms with E-state index < -0.39 is 59.9 Å². The maximum absolute atomic E-state index is 14.5. The number of carboxylic acids is 1. The van der Waals surface area contributed by atoms with Gasteiger partial charge in [-0.25, -0.2) is 0 Å². The van der Waals surface area contributed by atoms with Crippen molar-refractivity contribution in [2.75, 3.05) is 19.7 Å². The number of nitrogens with one attached hydrogen (secondary N) is 3. The summed E-state index contributed by atoms with van der Waals surface area (Å²) in [6.45, 7) is 5.34. The minimum absolute atomic E-state index is 0.0552. The smallest absolute Gasteiger partial charge is 0.322 e. The molecular weight excluding hydrogens is 608 g/mol. The summed E-state index contributed by atoms with van der Waals surface area (Å²) in [5, 5.41) is 16.6. The van der Waals surface area contributed by atoms with Gasteiger partial charge in [-0.1, -0.05) is 44.7 Å². The van der Waals surface area contributed by atoms with Crippen LogP contribution in [0.2, 0.25) is 0 Å². The lowest BCUT2D eigenvalue weighted by Gasteiger charge is -2.35. The van der Waals surface area contributed by atoms with Gasteiger partial charge in [0.1, 0.15) is 24.4 Å². The number of fused-ring (bicyclic) bond motifs is 4. The first-order chi connectivity index (χ1) is 22.4. The van der Waals surface area contributed by atoms with Crippen molar-refractivity contribution in [3.05, 3.63) is 29.8 Å². The van der Waals surface area contributed by atoms with Gasteiger partial charge in [0.15, 0.2) is 0 Å². The van der Waals surface area contributed by atoms with Crippen molar-refractivity contribution in [2.24, 2.45) is 5.92 Å². The van der Waals surface area contributed by atoms with Crippen LogP contribution in [0, 0.1) is 5.92 Å². The van der Waals surface area contributed by atoms with E-state index in [0.29, 0.717) is 25.2 Å². The number of hydrogen-bond acceptors (Lipinski definition) is 8. The van der Waals surface area contributed by atoms with Crippen molar-refractivity contribution >= 4 is 35.4 Å². The quantitative estimate of drug-likeness (QED) is 0.289. The van der Waals surface area contributed by atoms with Crippen LogP contribution in [-0.2, 0) is 39.9 Å². The molecule has 4 atom stereocenters. The zero-order valence-corrected chi connectivity index (χ0v) is 27.5. The molecular formula is C34H48N4O9. The van der Waals surface area contributed by atoms with Gasteiger partial charge in [-0.3, -0.25) is 28.8 Å². The van der Waals surface area contributed by atoms with Gasteiger partial charge in [0, 0.05) is 19.4 Å². The predicted molar refractivity (Wildman–Crippen MR) is 170 cm³/mol. The molecule has 2 aliphatic heterocycles. The Kier molecular flexibility index (Phi) is 12.4. The fourth-order valence-electron chi connectivity index (χ4n) is 6.71. The molecule has 13 heteroatoms. The molecule has 47 heavy (non-hydrogen) atoms. The largest absolute Gasteiger partial charge is 0.493 e. The van der Waals surface area contributed by atoms with Crippen LogP contribution >= 0.6 is 0 Å². The van der Waals surface area contributed by atoms with Gasteiger partial charge in [-0.05, 0) is 56.7 Å². The molecule has 2 heterocycles. The summed E-state index contributed by atoms with van der Waals surface area (Å²) in [7, 11) is 0. The van der Waals surface area contributed by atoms with Gasteiger partial charge >= 0.3 is 5.97 Å². The molecule has 1 unspecified atom stereocenters. The van der Waals surface area contributed by atoms with Crippen LogP contribution in [0.15, 0.2) is 24.3 Å². The fraction of sp³-hybridized carbons (Fsp3) is 0.647. The zero-order valence-electron chi connectivity index (χ0n) is 27.5. The number of ether oxygens (including phenoxy) is 2. The molecule has 1 aliphatic carbocycles. The number of carbonyl (C=O) groups is 6. The molecule has 1 saturated heterocycles. The topological polar surface area (TPSA) is 180 Å². The summed E-state index contributed by atoms with van der Waals surface area (Å²) < 4.78 is 12.5. The van der Waals surface area contributed by atoms with Gasteiger partial charge in [-0.2, -0.15) is 0 Å². The molecule has 0 aromatic heterocycles. The number of rotatable bonds is 9. The van der Waals surface area contributed by atoms with Gasteiger partial charge < -0.3 is 35.4 Å². The molecule has 4 amide bonds. The third-order valence-corrected chi connectivity index (χ3v) is 9.11. The Morgan fingerprint density at radius 2 is 1.87 bits per heavy atom. The summed E-state index contributed by atoms with van der Waals surface area (Å²) in [5.41, 5.74) is 0.0780. The third-order valence-electron chi connectivity index (χ3n) is 9.11. The van der Waals surface area contributed by atoms with Crippen LogP contribution in [-0.4, -0.2) is 94.9 Å². The van der Waals surface area contributed by atoms with E-state index >= 15 is 0 Å². The number of carbonyl (C=O) groups excluding carboxylic acids is 5. The minimum atomic E-state index is -1.31. The van der Waals surface area contributed by atoms with Crippen molar-refractivity contribution in [2.45, 2.75) is 115 Å². The van der Waals surface area contributed by atoms with E-state index in [2.05, 4.69) is 16.0 Å². The van der Waals surface area contributed by atoms with Crippen molar-refractivity contribution < 1.29 is 43.3 Å². The van der Waals surface area contributed by atoms with E-state index in [1.807, 2.05) is 38.1 Å². The molecule has 0 spiro atoms. The van der Waals surface area contributed by atoms with Crippen molar-refractivity contribution in [1.82, 2.24) is 20.9 Å². The molecule has 2 fully saturated rings. The summed E-state index contributed by atoms with van der Waals surface area (Å²) in [5.74, 6) is -4.17. The molecule has 13 nitrogen and oxygen atoms in total. The van der Waals surface area contributed by atoms with Crippen LogP contribution in [0.25, 0.3) is 0 Å². The van der Waals surface area contributed by atoms with Gasteiger partial charge in [0.2, 0.25) is 23.5 Å². The molecule has 4 N–H and O–H groups in total. The van der Waals surface area contributed by atoms with Crippen LogP contribution < -0.4 is 20.7 Å². The number of benzene rings is 1. The monoisotopic (exact) mass is 656 g/mol. The average molecular weight is 657 g/mol. The van der Waals surface area contributed by atoms with E-state index in [-0.39, 0.29) is 43.5 Å². The van der Waals surface area contributed by atoms with Crippen LogP contribution in [0.5, 0.6) is 5.75 Å². The fourth-order valence-corrected chi connectivity index (χ4v) is 6.71. The Balaban J connectivity index is 1.63. The number of amides is 4. The number of ketones is 1. The summed E-state index contributed by atoms with van der Waals surface area (Å²) in [4.78, 5) is 79.5. The van der Waals surface area contributed by atoms with Crippen LogP contribution in [0.1, 0.15) is 84.1 Å². The first-order valence-corrected chi connectivity index (χ1v) is 16.7. The highest BCUT2D eigenvalue weighted by molar-refractivity contribution is 6.38. The van der Waals surface area contributed by atoms with Crippen LogP contribution in [0.3, 0.4) is 0 Å². The number of carboxylic acid groups (broad SMARTS) is 1. The highest BCUT2D eigenvalue weighted by Gasteiger charge is 2.46. The van der Waals surface area contributed by atoms with E-state index in [9.17, 15) is 28.8 Å². The number of nitrogens with zero attached hydrogens (tertiary/aromatic N) is 1. The molecule has 1 aromatic rings. The molecule has 4 rings (SSSR count). The standard InChI is InChI=1S/C34H48N4O9/c1-4-9-25(30(42)32(44)35-19-28(40)41)36-31(43)26-18-24-20-38(26)33(45)29(22-11-6-5-7-12-22)37-27(39)17-21-10-8-13-23(16-21)46-15-14-34(2,3)47-24/h8,10,13,16,22,24-26,29H,4-7,9,11-12,14-15,17-20H2,1-3H3,(H,35,44)(H,36,43)(H,37,39)(H,40,41)/t24-,25?,26+,29+/m1/s1. The van der Waals surface area contributed by atoms with E-state index in [0.717, 1.165) is 37.7 Å². The van der Waals surface area contributed by atoms with E-state index in [4.69, 9.17) is 14.6 Å². The normalized spacial score (nSPS) is 24.4. The Hall–Kier alpha value is -4.00. The van der Waals surface area contributed by atoms with Crippen molar-refractivity contribution in [3.63, 3.8) is 0 Å². The second-order valence-electron chi connectivity index (χ2n) is 13.4. The summed E-state index contributed by atoms with van der Waals surface area (Å²) in [6.07, 6.45) is 5.21. The lowest BCUT2D eigenvalue weighted by atomic mass is 9.83. The third kappa shape index (κ3) is 9.99. The molecule has 3 aliphatic rings. The van der Waals surface area contributed by atoms with Gasteiger partial charge in [0.05, 0.1) is 30.8 Å². The molecule has 258 valence electrons. The molecule has 1 aromatic carbocycles. The Bertz CT molecular complexity index is 1330. The van der Waals surface area contributed by atoms with Crippen LogP contribution in [0.4, 0.5) is 0 Å². The zero-order chi connectivity index (χ0) is 34.1. The summed E-state index contributed by atoms with van der Waals surface area (Å²) in [6, 6.07) is 4.22. The Labute approximate surface area is 275 Å². The Morgan fingerprint density at radius 1 is 1.13 bits per heavy atom. The second-order valence-corrected chi connectivity index (χ2v) is 13.4. The SMILES string of the molecule is CCCC(NC(=O)[C@@H]1C[C@@H]2CN1C(=O)[C@H](C1CCCCC1)NC(=O)Cc1cccc(c1)OCCC(C)(C)O2)C(=O)C(=O)NCC(=O)O. The molecule has 0 radical (unpaired) electrons. The summed E-state index contributed by atoms with van der Waals surface area (Å²) >= 11 is 0. The van der Waals surface area contributed by atoms with Gasteiger partial charge in [-0.15, -0.1) is 0 Å². The minimum Gasteiger partial charge on any atom is -0.493 e. The maximum Gasteiger partial charge on any atom is 0.322 e. The number of Topliss-reactive ketones (excluding diaryl/α,β-unsaturated/α-hetero) is 1. The second kappa shape index (κ2) is 16.2. The van der Waals surface area contributed by atoms with E-state index in [1.165, 1.54) is 4.90 Å². The predicted octanol–water partition coefficient (Wildman–Crippen LogP) is 1.90. The highest BCUT2D eigenvalue weighted by atomic mass is 16.5. The number of hydrogen-bond donors (Lipinski definition) is 4. The lowest BCUT2D eigenvalue weighted by molar-refractivity contribution is -0.145. The molecule has 4 bridgehead atoms. The van der Waals surface area contributed by atoms with Gasteiger partial charge in [0.25, 0.3) is 5.91 Å². The first kappa shape index (κ1) is 35.8. The first-order valence-electron chi connectivity index (χ1n) is 16.7. The van der Waals surface area contributed by atoms with Crippen molar-refractivity contribution in [1.29, 1.82) is 0 Å². The molecule has 1 saturated carbocycles. The Morgan fingerprint density at radius 3 is 2.57 bits per heavy atom.